The summed E-state index contributed by atoms with van der Waals surface area (Å²) in [5.74, 6) is -0.0931. The number of halogens is 2. The third kappa shape index (κ3) is 2.39. The molecule has 1 atom stereocenters. The first-order valence-electron chi connectivity index (χ1n) is 7.40. The fraction of sp³-hybridized carbons (Fsp3) is 0.105. The first-order chi connectivity index (χ1) is 11.1. The van der Waals surface area contributed by atoms with Crippen LogP contribution in [0, 0.1) is 0 Å². The van der Waals surface area contributed by atoms with Gasteiger partial charge in [0.15, 0.2) is 0 Å². The van der Waals surface area contributed by atoms with Gasteiger partial charge in [0.05, 0.1) is 15.7 Å². The van der Waals surface area contributed by atoms with Gasteiger partial charge in [0, 0.05) is 17.7 Å². The van der Waals surface area contributed by atoms with E-state index >= 15 is 0 Å². The van der Waals surface area contributed by atoms with Gasteiger partial charge >= 0.3 is 0 Å². The van der Waals surface area contributed by atoms with Crippen molar-refractivity contribution in [2.45, 2.75) is 12.3 Å². The fourth-order valence-electron chi connectivity index (χ4n) is 3.27. The van der Waals surface area contributed by atoms with E-state index in [1.54, 1.807) is 6.07 Å². The van der Waals surface area contributed by atoms with Gasteiger partial charge in [0.25, 0.3) is 0 Å². The number of carbonyl (C=O) groups is 1. The van der Waals surface area contributed by atoms with Crippen LogP contribution in [0.1, 0.15) is 23.5 Å². The third-order valence-electron chi connectivity index (χ3n) is 4.35. The minimum absolute atomic E-state index is 0.00473. The SMILES string of the molecule is O=C1C[C@@H](c2cccc(Cl)c2Cl)c2ccc3ccccc3c2N1. The summed E-state index contributed by atoms with van der Waals surface area (Å²) < 4.78 is 0. The summed E-state index contributed by atoms with van der Waals surface area (Å²) in [5.41, 5.74) is 2.85. The molecule has 0 radical (unpaired) electrons. The zero-order chi connectivity index (χ0) is 16.0. The van der Waals surface area contributed by atoms with Crippen LogP contribution in [-0.4, -0.2) is 5.91 Å². The smallest absolute Gasteiger partial charge is 0.225 e. The van der Waals surface area contributed by atoms with Gasteiger partial charge < -0.3 is 5.32 Å². The molecule has 0 fully saturated rings. The highest BCUT2D eigenvalue weighted by atomic mass is 35.5. The van der Waals surface area contributed by atoms with Crippen molar-refractivity contribution in [2.24, 2.45) is 0 Å². The van der Waals surface area contributed by atoms with E-state index in [-0.39, 0.29) is 11.8 Å². The topological polar surface area (TPSA) is 29.1 Å². The second-order valence-corrected chi connectivity index (χ2v) is 6.48. The Morgan fingerprint density at radius 3 is 2.61 bits per heavy atom. The summed E-state index contributed by atoms with van der Waals surface area (Å²) in [4.78, 5) is 12.3. The second-order valence-electron chi connectivity index (χ2n) is 5.70. The molecule has 0 aromatic heterocycles. The number of carbonyl (C=O) groups excluding carboxylic acids is 1. The Morgan fingerprint density at radius 1 is 0.913 bits per heavy atom. The molecule has 0 aliphatic carbocycles. The predicted molar refractivity (Wildman–Crippen MR) is 95.5 cm³/mol. The van der Waals surface area contributed by atoms with Crippen molar-refractivity contribution >= 4 is 45.6 Å². The van der Waals surface area contributed by atoms with Crippen molar-refractivity contribution in [3.8, 4) is 0 Å². The van der Waals surface area contributed by atoms with Crippen molar-refractivity contribution in [3.05, 3.63) is 75.8 Å². The third-order valence-corrected chi connectivity index (χ3v) is 5.18. The lowest BCUT2D eigenvalue weighted by molar-refractivity contribution is -0.116. The number of hydrogen-bond donors (Lipinski definition) is 1. The molecule has 4 rings (SSSR count). The molecule has 0 unspecified atom stereocenters. The van der Waals surface area contributed by atoms with E-state index in [2.05, 4.69) is 17.4 Å². The van der Waals surface area contributed by atoms with Gasteiger partial charge in [-0.3, -0.25) is 4.79 Å². The number of hydrogen-bond acceptors (Lipinski definition) is 1. The zero-order valence-corrected chi connectivity index (χ0v) is 13.7. The highest BCUT2D eigenvalue weighted by Gasteiger charge is 2.29. The molecule has 0 saturated carbocycles. The van der Waals surface area contributed by atoms with Crippen LogP contribution < -0.4 is 5.32 Å². The maximum atomic E-state index is 12.3. The quantitative estimate of drug-likeness (QED) is 0.611. The molecule has 1 amide bonds. The summed E-state index contributed by atoms with van der Waals surface area (Å²) in [7, 11) is 0. The van der Waals surface area contributed by atoms with Crippen molar-refractivity contribution in [3.63, 3.8) is 0 Å². The largest absolute Gasteiger partial charge is 0.325 e. The average molecular weight is 342 g/mol. The summed E-state index contributed by atoms with van der Waals surface area (Å²) >= 11 is 12.6. The number of rotatable bonds is 1. The summed E-state index contributed by atoms with van der Waals surface area (Å²) in [6.45, 7) is 0. The van der Waals surface area contributed by atoms with Crippen LogP contribution >= 0.6 is 23.2 Å². The van der Waals surface area contributed by atoms with Gasteiger partial charge in [-0.15, -0.1) is 0 Å². The normalized spacial score (nSPS) is 17.0. The molecule has 4 heteroatoms. The van der Waals surface area contributed by atoms with Crippen molar-refractivity contribution in [1.29, 1.82) is 0 Å². The van der Waals surface area contributed by atoms with Crippen LogP contribution in [0.5, 0.6) is 0 Å². The lowest BCUT2D eigenvalue weighted by Gasteiger charge is -2.28. The maximum Gasteiger partial charge on any atom is 0.225 e. The Hall–Kier alpha value is -2.03. The lowest BCUT2D eigenvalue weighted by Crippen LogP contribution is -2.24. The van der Waals surface area contributed by atoms with E-state index in [1.165, 1.54) is 0 Å². The van der Waals surface area contributed by atoms with Gasteiger partial charge in [0.1, 0.15) is 0 Å². The van der Waals surface area contributed by atoms with Gasteiger partial charge in [0.2, 0.25) is 5.91 Å². The van der Waals surface area contributed by atoms with E-state index < -0.39 is 0 Å². The van der Waals surface area contributed by atoms with Gasteiger partial charge in [-0.05, 0) is 22.6 Å². The molecule has 0 bridgehead atoms. The van der Waals surface area contributed by atoms with Crippen LogP contribution in [0.25, 0.3) is 10.8 Å². The van der Waals surface area contributed by atoms with Crippen LogP contribution in [0.3, 0.4) is 0 Å². The average Bonchev–Trinajstić information content (AvgIpc) is 2.56. The lowest BCUT2D eigenvalue weighted by atomic mass is 9.83. The molecule has 0 spiro atoms. The molecule has 23 heavy (non-hydrogen) atoms. The number of fused-ring (bicyclic) bond motifs is 3. The summed E-state index contributed by atoms with van der Waals surface area (Å²) in [5, 5.41) is 6.20. The minimum Gasteiger partial charge on any atom is -0.325 e. The van der Waals surface area contributed by atoms with E-state index in [4.69, 9.17) is 23.2 Å². The number of amides is 1. The molecule has 3 aromatic rings. The maximum absolute atomic E-state index is 12.3. The second kappa shape index (κ2) is 5.55. The molecule has 114 valence electrons. The van der Waals surface area contributed by atoms with E-state index in [0.29, 0.717) is 16.5 Å². The Kier molecular flexibility index (Phi) is 3.51. The van der Waals surface area contributed by atoms with Crippen molar-refractivity contribution in [1.82, 2.24) is 0 Å². The van der Waals surface area contributed by atoms with E-state index in [1.807, 2.05) is 36.4 Å². The monoisotopic (exact) mass is 341 g/mol. The summed E-state index contributed by atoms with van der Waals surface area (Å²) in [6.07, 6.45) is 0.366. The van der Waals surface area contributed by atoms with Crippen molar-refractivity contribution < 1.29 is 4.79 Å². The first-order valence-corrected chi connectivity index (χ1v) is 8.16. The van der Waals surface area contributed by atoms with Crippen LogP contribution in [-0.2, 0) is 4.79 Å². The summed E-state index contributed by atoms with van der Waals surface area (Å²) in [6, 6.07) is 17.8. The van der Waals surface area contributed by atoms with Gasteiger partial charge in [-0.1, -0.05) is 71.7 Å². The van der Waals surface area contributed by atoms with Crippen molar-refractivity contribution in [2.75, 3.05) is 5.32 Å². The molecule has 3 aromatic carbocycles. The Balaban J connectivity index is 1.97. The minimum atomic E-state index is -0.0884. The molecule has 2 nitrogen and oxygen atoms in total. The fourth-order valence-corrected chi connectivity index (χ4v) is 3.71. The Morgan fingerprint density at radius 2 is 1.74 bits per heavy atom. The van der Waals surface area contributed by atoms with Crippen LogP contribution in [0.15, 0.2) is 54.6 Å². The van der Waals surface area contributed by atoms with Gasteiger partial charge in [-0.25, -0.2) is 0 Å². The predicted octanol–water partition coefficient (Wildman–Crippen LogP) is 5.62. The first kappa shape index (κ1) is 14.6. The Labute approximate surface area is 144 Å². The molecule has 0 saturated heterocycles. The number of nitrogens with one attached hydrogen (secondary N) is 1. The Bertz CT molecular complexity index is 936. The molecule has 1 heterocycles. The molecule has 1 N–H and O–H groups in total. The molecule has 1 aliphatic heterocycles. The van der Waals surface area contributed by atoms with E-state index in [0.717, 1.165) is 27.6 Å². The zero-order valence-electron chi connectivity index (χ0n) is 12.1. The molecule has 1 aliphatic rings. The van der Waals surface area contributed by atoms with Crippen LogP contribution in [0.2, 0.25) is 10.0 Å². The van der Waals surface area contributed by atoms with Gasteiger partial charge in [-0.2, -0.15) is 0 Å². The van der Waals surface area contributed by atoms with Crippen LogP contribution in [0.4, 0.5) is 5.69 Å². The molecular weight excluding hydrogens is 329 g/mol. The van der Waals surface area contributed by atoms with E-state index in [9.17, 15) is 4.79 Å². The molecular formula is C19H13Cl2NO. The standard InChI is InChI=1S/C19H13Cl2NO/c20-16-7-3-6-13(18(16)21)15-10-17(23)22-19-12-5-2-1-4-11(12)8-9-14(15)19/h1-9,15H,10H2,(H,22,23)/t15-/m0/s1. The highest BCUT2D eigenvalue weighted by molar-refractivity contribution is 6.42. The number of benzene rings is 3. The highest BCUT2D eigenvalue weighted by Crippen LogP contribution is 2.43. The number of anilines is 1.